The molecular weight excluding hydrogens is 168 g/mol. The van der Waals surface area contributed by atoms with Crippen LogP contribution in [0.4, 0.5) is 0 Å². The Morgan fingerprint density at radius 1 is 1.38 bits per heavy atom. The zero-order valence-electron chi connectivity index (χ0n) is 8.75. The Labute approximate surface area is 80.0 Å². The summed E-state index contributed by atoms with van der Waals surface area (Å²) in [4.78, 5) is 0. The highest BCUT2D eigenvalue weighted by Gasteiger charge is 2.33. The normalized spacial score (nSPS) is 21.9. The second-order valence-electron chi connectivity index (χ2n) is 4.25. The summed E-state index contributed by atoms with van der Waals surface area (Å²) in [6, 6.07) is 0. The van der Waals surface area contributed by atoms with Crippen LogP contribution in [0.3, 0.4) is 0 Å². The molecule has 3 heteroatoms. The van der Waals surface area contributed by atoms with Crippen molar-refractivity contribution in [1.29, 1.82) is 0 Å². The summed E-state index contributed by atoms with van der Waals surface area (Å²) in [6.07, 6.45) is 3.67. The third kappa shape index (κ3) is 4.07. The van der Waals surface area contributed by atoms with Crippen LogP contribution in [-0.4, -0.2) is 31.2 Å². The molecule has 0 aromatic rings. The third-order valence-electron chi connectivity index (χ3n) is 2.56. The van der Waals surface area contributed by atoms with Gasteiger partial charge in [0.2, 0.25) is 0 Å². The van der Waals surface area contributed by atoms with Crippen molar-refractivity contribution in [2.45, 2.75) is 44.5 Å². The average molecular weight is 188 g/mol. The summed E-state index contributed by atoms with van der Waals surface area (Å²) < 4.78 is 10.1. The van der Waals surface area contributed by atoms with Crippen molar-refractivity contribution in [3.05, 3.63) is 0 Å². The van der Waals surface area contributed by atoms with E-state index in [9.17, 15) is 5.11 Å². The summed E-state index contributed by atoms with van der Waals surface area (Å²) in [5.41, 5.74) is -0.641. The van der Waals surface area contributed by atoms with Gasteiger partial charge in [-0.1, -0.05) is 12.8 Å². The fourth-order valence-electron chi connectivity index (χ4n) is 1.65. The highest BCUT2D eigenvalue weighted by molar-refractivity contribution is 4.84. The Morgan fingerprint density at radius 2 is 1.92 bits per heavy atom. The van der Waals surface area contributed by atoms with Gasteiger partial charge in [-0.25, -0.2) is 0 Å². The highest BCUT2D eigenvalue weighted by atomic mass is 16.7. The van der Waals surface area contributed by atoms with Gasteiger partial charge in [-0.15, -0.1) is 0 Å². The molecule has 0 radical (unpaired) electrons. The van der Waals surface area contributed by atoms with Gasteiger partial charge in [-0.3, -0.25) is 0 Å². The van der Waals surface area contributed by atoms with Gasteiger partial charge in [0, 0.05) is 20.6 Å². The van der Waals surface area contributed by atoms with E-state index in [4.69, 9.17) is 9.47 Å². The van der Waals surface area contributed by atoms with Gasteiger partial charge < -0.3 is 14.6 Å². The Balaban J connectivity index is 2.29. The van der Waals surface area contributed by atoms with E-state index in [1.807, 2.05) is 6.92 Å². The van der Waals surface area contributed by atoms with E-state index in [1.54, 1.807) is 14.2 Å². The molecule has 13 heavy (non-hydrogen) atoms. The van der Waals surface area contributed by atoms with Gasteiger partial charge in [0.25, 0.3) is 0 Å². The summed E-state index contributed by atoms with van der Waals surface area (Å²) in [5, 5.41) is 10.00. The van der Waals surface area contributed by atoms with E-state index in [2.05, 4.69) is 0 Å². The van der Waals surface area contributed by atoms with E-state index in [-0.39, 0.29) is 6.29 Å². The number of methoxy groups -OCH3 is 2. The van der Waals surface area contributed by atoms with Crippen molar-refractivity contribution in [2.75, 3.05) is 14.2 Å². The van der Waals surface area contributed by atoms with E-state index >= 15 is 0 Å². The summed E-state index contributed by atoms with van der Waals surface area (Å²) in [7, 11) is 3.20. The van der Waals surface area contributed by atoms with Crippen LogP contribution in [0.25, 0.3) is 0 Å². The molecule has 1 atom stereocenters. The van der Waals surface area contributed by atoms with Crippen LogP contribution in [0.1, 0.15) is 32.6 Å². The number of hydrogen-bond donors (Lipinski definition) is 1. The SMILES string of the molecule is COC(CC(C)(O)CC1CC1)OC. The second-order valence-corrected chi connectivity index (χ2v) is 4.25. The molecule has 1 aliphatic carbocycles. The maximum absolute atomic E-state index is 10.00. The lowest BCUT2D eigenvalue weighted by atomic mass is 9.95. The molecule has 0 aromatic carbocycles. The Morgan fingerprint density at radius 3 is 2.31 bits per heavy atom. The van der Waals surface area contributed by atoms with E-state index < -0.39 is 5.60 Å². The lowest BCUT2D eigenvalue weighted by Crippen LogP contribution is -2.32. The fourth-order valence-corrected chi connectivity index (χ4v) is 1.65. The Bertz CT molecular complexity index is 148. The first-order valence-corrected chi connectivity index (χ1v) is 4.85. The topological polar surface area (TPSA) is 38.7 Å². The first kappa shape index (κ1) is 11.0. The monoisotopic (exact) mass is 188 g/mol. The van der Waals surface area contributed by atoms with Gasteiger partial charge in [0.15, 0.2) is 6.29 Å². The molecule has 0 aliphatic heterocycles. The van der Waals surface area contributed by atoms with Crippen LogP contribution < -0.4 is 0 Å². The van der Waals surface area contributed by atoms with Crippen LogP contribution in [0.2, 0.25) is 0 Å². The van der Waals surface area contributed by atoms with Crippen molar-refractivity contribution in [1.82, 2.24) is 0 Å². The number of aliphatic hydroxyl groups is 1. The van der Waals surface area contributed by atoms with E-state index in [1.165, 1.54) is 12.8 Å². The highest BCUT2D eigenvalue weighted by Crippen LogP contribution is 2.38. The minimum Gasteiger partial charge on any atom is -0.390 e. The van der Waals surface area contributed by atoms with E-state index in [0.717, 1.165) is 12.3 Å². The molecule has 0 bridgehead atoms. The van der Waals surface area contributed by atoms with Gasteiger partial charge in [-0.05, 0) is 19.3 Å². The van der Waals surface area contributed by atoms with Gasteiger partial charge in [0.05, 0.1) is 5.60 Å². The summed E-state index contributed by atoms with van der Waals surface area (Å²) >= 11 is 0. The van der Waals surface area contributed by atoms with Crippen LogP contribution >= 0.6 is 0 Å². The van der Waals surface area contributed by atoms with Gasteiger partial charge in [-0.2, -0.15) is 0 Å². The van der Waals surface area contributed by atoms with Crippen LogP contribution in [-0.2, 0) is 9.47 Å². The van der Waals surface area contributed by atoms with Crippen LogP contribution in [0.5, 0.6) is 0 Å². The predicted molar refractivity (Wildman–Crippen MR) is 50.4 cm³/mol. The zero-order chi connectivity index (χ0) is 9.90. The Kier molecular flexibility index (Phi) is 3.71. The molecule has 0 amide bonds. The average Bonchev–Trinajstić information content (AvgIpc) is 2.83. The molecule has 78 valence electrons. The molecule has 1 rings (SSSR count). The maximum Gasteiger partial charge on any atom is 0.159 e. The fraction of sp³-hybridized carbons (Fsp3) is 1.00. The van der Waals surface area contributed by atoms with Crippen molar-refractivity contribution in [3.63, 3.8) is 0 Å². The molecule has 1 unspecified atom stereocenters. The lowest BCUT2D eigenvalue weighted by molar-refractivity contribution is -0.142. The standard InChI is InChI=1S/C10H20O3/c1-10(11,6-8-4-5-8)7-9(12-2)13-3/h8-9,11H,4-7H2,1-3H3. The van der Waals surface area contributed by atoms with Gasteiger partial charge >= 0.3 is 0 Å². The predicted octanol–water partition coefficient (Wildman–Crippen LogP) is 1.55. The zero-order valence-corrected chi connectivity index (χ0v) is 8.75. The molecular formula is C10H20O3. The quantitative estimate of drug-likeness (QED) is 0.643. The van der Waals surface area contributed by atoms with Crippen molar-refractivity contribution < 1.29 is 14.6 Å². The molecule has 1 saturated carbocycles. The maximum atomic E-state index is 10.00. The molecule has 0 saturated heterocycles. The molecule has 1 N–H and O–H groups in total. The molecule has 0 heterocycles. The molecule has 0 aromatic heterocycles. The van der Waals surface area contributed by atoms with Crippen LogP contribution in [0, 0.1) is 5.92 Å². The smallest absolute Gasteiger partial charge is 0.159 e. The van der Waals surface area contributed by atoms with Crippen molar-refractivity contribution >= 4 is 0 Å². The molecule has 3 nitrogen and oxygen atoms in total. The molecule has 0 spiro atoms. The van der Waals surface area contributed by atoms with E-state index in [0.29, 0.717) is 6.42 Å². The first-order chi connectivity index (χ1) is 6.07. The molecule has 1 fully saturated rings. The lowest BCUT2D eigenvalue weighted by Gasteiger charge is -2.26. The van der Waals surface area contributed by atoms with Crippen molar-refractivity contribution in [2.24, 2.45) is 5.92 Å². The minimum atomic E-state index is -0.641. The van der Waals surface area contributed by atoms with Crippen LogP contribution in [0.15, 0.2) is 0 Å². The van der Waals surface area contributed by atoms with Gasteiger partial charge in [0.1, 0.15) is 0 Å². The van der Waals surface area contributed by atoms with Crippen molar-refractivity contribution in [3.8, 4) is 0 Å². The number of rotatable bonds is 6. The largest absolute Gasteiger partial charge is 0.390 e. The third-order valence-corrected chi connectivity index (χ3v) is 2.56. The first-order valence-electron chi connectivity index (χ1n) is 4.85. The molecule has 1 aliphatic rings. The number of ether oxygens (including phenoxy) is 2. The minimum absolute atomic E-state index is 0.284. The summed E-state index contributed by atoms with van der Waals surface area (Å²) in [5.74, 6) is 0.726. The number of hydrogen-bond acceptors (Lipinski definition) is 3. The Hall–Kier alpha value is -0.120. The summed E-state index contributed by atoms with van der Waals surface area (Å²) in [6.45, 7) is 1.86. The second kappa shape index (κ2) is 4.40.